The molecule has 0 radical (unpaired) electrons. The standard InChI is InChI=1S/C24H45NO2/c1-5-6-7-8-9-10-11-12-13-14-19-25-21-24(26)27-20-18-23(4)17-15-16-22(2)3/h16,18,25H,5-15,17,19-21H2,1-4H3. The molecular formula is C24H45NO2. The van der Waals surface area contributed by atoms with E-state index >= 15 is 0 Å². The second-order valence-electron chi connectivity index (χ2n) is 7.91. The van der Waals surface area contributed by atoms with Gasteiger partial charge in [-0.05, 0) is 52.7 Å². The molecular weight excluding hydrogens is 334 g/mol. The molecule has 0 saturated heterocycles. The van der Waals surface area contributed by atoms with Crippen LogP contribution in [0.15, 0.2) is 23.3 Å². The summed E-state index contributed by atoms with van der Waals surface area (Å²) in [6.07, 6.45) is 19.7. The van der Waals surface area contributed by atoms with Gasteiger partial charge in [0.05, 0.1) is 6.54 Å². The number of carbonyl (C=O) groups excluding carboxylic acids is 1. The summed E-state index contributed by atoms with van der Waals surface area (Å²) in [5.41, 5.74) is 2.63. The van der Waals surface area contributed by atoms with E-state index < -0.39 is 0 Å². The Bertz CT molecular complexity index is 409. The SMILES string of the molecule is CCCCCCCCCCCCNCC(=O)OCC=C(C)CCC=C(C)C. The maximum Gasteiger partial charge on any atom is 0.320 e. The molecule has 0 heterocycles. The van der Waals surface area contributed by atoms with Crippen molar-refractivity contribution in [3.63, 3.8) is 0 Å². The van der Waals surface area contributed by atoms with Crippen molar-refractivity contribution in [2.45, 2.75) is 105 Å². The molecule has 0 amide bonds. The average Bonchev–Trinajstić information content (AvgIpc) is 2.62. The summed E-state index contributed by atoms with van der Waals surface area (Å²) in [5, 5.41) is 3.19. The number of allylic oxidation sites excluding steroid dienone is 3. The number of esters is 1. The Morgan fingerprint density at radius 1 is 0.852 bits per heavy atom. The summed E-state index contributed by atoms with van der Waals surface area (Å²) in [6, 6.07) is 0. The van der Waals surface area contributed by atoms with Crippen molar-refractivity contribution in [3.8, 4) is 0 Å². The lowest BCUT2D eigenvalue weighted by Gasteiger charge is -2.06. The first-order chi connectivity index (χ1) is 13.1. The van der Waals surface area contributed by atoms with Gasteiger partial charge in [-0.25, -0.2) is 0 Å². The highest BCUT2D eigenvalue weighted by atomic mass is 16.5. The third-order valence-electron chi connectivity index (χ3n) is 4.74. The van der Waals surface area contributed by atoms with E-state index in [1.165, 1.54) is 68.9 Å². The molecule has 1 N–H and O–H groups in total. The van der Waals surface area contributed by atoms with E-state index in [0.717, 1.165) is 25.8 Å². The number of carbonyl (C=O) groups is 1. The number of hydrogen-bond acceptors (Lipinski definition) is 3. The summed E-state index contributed by atoms with van der Waals surface area (Å²) in [4.78, 5) is 11.7. The first-order valence-electron chi connectivity index (χ1n) is 11.2. The normalized spacial score (nSPS) is 11.5. The quantitative estimate of drug-likeness (QED) is 0.163. The van der Waals surface area contributed by atoms with Crippen LogP contribution < -0.4 is 5.32 Å². The summed E-state index contributed by atoms with van der Waals surface area (Å²) < 4.78 is 5.25. The van der Waals surface area contributed by atoms with Gasteiger partial charge in [-0.3, -0.25) is 4.79 Å². The van der Waals surface area contributed by atoms with Crippen molar-refractivity contribution in [1.29, 1.82) is 0 Å². The Kier molecular flexibility index (Phi) is 18.9. The van der Waals surface area contributed by atoms with Crippen LogP contribution in [0.25, 0.3) is 0 Å². The lowest BCUT2D eigenvalue weighted by atomic mass is 10.1. The van der Waals surface area contributed by atoms with Crippen LogP contribution in [0.4, 0.5) is 0 Å². The van der Waals surface area contributed by atoms with Crippen molar-refractivity contribution >= 4 is 5.97 Å². The molecule has 0 unspecified atom stereocenters. The minimum absolute atomic E-state index is 0.157. The minimum Gasteiger partial charge on any atom is -0.460 e. The largest absolute Gasteiger partial charge is 0.460 e. The fourth-order valence-electron chi connectivity index (χ4n) is 2.95. The first kappa shape index (κ1) is 25.9. The van der Waals surface area contributed by atoms with Gasteiger partial charge in [0.1, 0.15) is 6.61 Å². The maximum atomic E-state index is 11.7. The third-order valence-corrected chi connectivity index (χ3v) is 4.74. The zero-order valence-corrected chi connectivity index (χ0v) is 18.6. The van der Waals surface area contributed by atoms with E-state index in [2.05, 4.69) is 39.1 Å². The molecule has 0 bridgehead atoms. The van der Waals surface area contributed by atoms with Crippen molar-refractivity contribution in [3.05, 3.63) is 23.3 Å². The van der Waals surface area contributed by atoms with Crippen LogP contribution in [0.2, 0.25) is 0 Å². The minimum atomic E-state index is -0.157. The number of rotatable bonds is 18. The smallest absolute Gasteiger partial charge is 0.320 e. The predicted molar refractivity (Wildman–Crippen MR) is 118 cm³/mol. The highest BCUT2D eigenvalue weighted by Crippen LogP contribution is 2.10. The molecule has 0 aromatic carbocycles. The molecule has 0 aliphatic carbocycles. The van der Waals surface area contributed by atoms with Crippen LogP contribution in [-0.2, 0) is 9.53 Å². The highest BCUT2D eigenvalue weighted by molar-refractivity contribution is 5.71. The monoisotopic (exact) mass is 379 g/mol. The topological polar surface area (TPSA) is 38.3 Å². The van der Waals surface area contributed by atoms with Gasteiger partial charge in [0.15, 0.2) is 0 Å². The molecule has 0 fully saturated rings. The van der Waals surface area contributed by atoms with E-state index in [4.69, 9.17) is 4.74 Å². The maximum absolute atomic E-state index is 11.7. The second-order valence-corrected chi connectivity index (χ2v) is 7.91. The van der Waals surface area contributed by atoms with Gasteiger partial charge in [0.25, 0.3) is 0 Å². The Morgan fingerprint density at radius 3 is 2.04 bits per heavy atom. The fourth-order valence-corrected chi connectivity index (χ4v) is 2.95. The molecule has 3 nitrogen and oxygen atoms in total. The van der Waals surface area contributed by atoms with E-state index in [1.54, 1.807) is 0 Å². The molecule has 3 heteroatoms. The Morgan fingerprint density at radius 2 is 1.44 bits per heavy atom. The van der Waals surface area contributed by atoms with Crippen LogP contribution in [0.5, 0.6) is 0 Å². The van der Waals surface area contributed by atoms with E-state index in [9.17, 15) is 4.79 Å². The van der Waals surface area contributed by atoms with Crippen molar-refractivity contribution in [1.82, 2.24) is 5.32 Å². The highest BCUT2D eigenvalue weighted by Gasteiger charge is 2.01. The molecule has 158 valence electrons. The van der Waals surface area contributed by atoms with E-state index in [-0.39, 0.29) is 5.97 Å². The Labute approximate surface area is 169 Å². The molecule has 0 aliphatic rings. The fraction of sp³-hybridized carbons (Fsp3) is 0.792. The summed E-state index contributed by atoms with van der Waals surface area (Å²) in [6.45, 7) is 10.2. The van der Waals surface area contributed by atoms with Crippen LogP contribution in [0.3, 0.4) is 0 Å². The average molecular weight is 380 g/mol. The van der Waals surface area contributed by atoms with Gasteiger partial charge in [-0.15, -0.1) is 0 Å². The van der Waals surface area contributed by atoms with Crippen LogP contribution in [-0.4, -0.2) is 25.7 Å². The molecule has 0 aromatic rings. The summed E-state index contributed by atoms with van der Waals surface area (Å²) in [7, 11) is 0. The van der Waals surface area contributed by atoms with Gasteiger partial charge >= 0.3 is 5.97 Å². The second kappa shape index (κ2) is 19.7. The van der Waals surface area contributed by atoms with Crippen LogP contribution in [0.1, 0.15) is 105 Å². The number of nitrogens with one attached hydrogen (secondary N) is 1. The van der Waals surface area contributed by atoms with Crippen LogP contribution >= 0.6 is 0 Å². The Hall–Kier alpha value is -1.09. The van der Waals surface area contributed by atoms with Gasteiger partial charge in [-0.2, -0.15) is 0 Å². The first-order valence-corrected chi connectivity index (χ1v) is 11.2. The van der Waals surface area contributed by atoms with Crippen molar-refractivity contribution in [2.24, 2.45) is 0 Å². The van der Waals surface area contributed by atoms with Crippen molar-refractivity contribution in [2.75, 3.05) is 19.7 Å². The zero-order chi connectivity index (χ0) is 20.2. The van der Waals surface area contributed by atoms with E-state index in [1.807, 2.05) is 6.08 Å². The zero-order valence-electron chi connectivity index (χ0n) is 18.6. The van der Waals surface area contributed by atoms with Gasteiger partial charge in [-0.1, -0.05) is 81.9 Å². The summed E-state index contributed by atoms with van der Waals surface area (Å²) in [5.74, 6) is -0.157. The van der Waals surface area contributed by atoms with Crippen LogP contribution in [0, 0.1) is 0 Å². The lowest BCUT2D eigenvalue weighted by Crippen LogP contribution is -2.25. The molecule has 0 saturated carbocycles. The predicted octanol–water partition coefficient (Wildman–Crippen LogP) is 6.73. The number of unbranched alkanes of at least 4 members (excludes halogenated alkanes) is 9. The van der Waals surface area contributed by atoms with E-state index in [0.29, 0.717) is 13.2 Å². The van der Waals surface area contributed by atoms with Gasteiger partial charge in [0.2, 0.25) is 0 Å². The lowest BCUT2D eigenvalue weighted by molar-refractivity contribution is -0.141. The van der Waals surface area contributed by atoms with Gasteiger partial charge < -0.3 is 10.1 Å². The molecule has 0 aromatic heterocycles. The molecule has 0 aliphatic heterocycles. The Balaban J connectivity index is 3.40. The number of hydrogen-bond donors (Lipinski definition) is 1. The molecule has 0 rings (SSSR count). The van der Waals surface area contributed by atoms with Gasteiger partial charge in [0, 0.05) is 0 Å². The molecule has 27 heavy (non-hydrogen) atoms. The number of ether oxygens (including phenoxy) is 1. The molecule has 0 atom stereocenters. The molecule has 0 spiro atoms. The van der Waals surface area contributed by atoms with Crippen molar-refractivity contribution < 1.29 is 9.53 Å². The summed E-state index contributed by atoms with van der Waals surface area (Å²) >= 11 is 0. The third kappa shape index (κ3) is 21.1.